The minimum atomic E-state index is -3.70. The third-order valence-corrected chi connectivity index (χ3v) is 6.91. The van der Waals surface area contributed by atoms with E-state index in [0.717, 1.165) is 10.9 Å². The van der Waals surface area contributed by atoms with E-state index in [4.69, 9.17) is 4.52 Å². The van der Waals surface area contributed by atoms with Crippen LogP contribution in [0.4, 0.5) is 0 Å². The summed E-state index contributed by atoms with van der Waals surface area (Å²) in [5, 5.41) is 11.5. The summed E-state index contributed by atoms with van der Waals surface area (Å²) >= 11 is 0. The molecule has 0 saturated carbocycles. The number of aromatic amines is 1. The van der Waals surface area contributed by atoms with E-state index in [9.17, 15) is 13.2 Å². The third kappa shape index (κ3) is 2.90. The number of nitrogens with one attached hydrogen (secondary N) is 1. The minimum Gasteiger partial charge on any atom is -0.360 e. The second-order valence-corrected chi connectivity index (χ2v) is 8.34. The molecule has 0 radical (unpaired) electrons. The Labute approximate surface area is 156 Å². The molecule has 142 valence electrons. The van der Waals surface area contributed by atoms with Crippen LogP contribution >= 0.6 is 0 Å². The van der Waals surface area contributed by atoms with Gasteiger partial charge in [0.2, 0.25) is 10.0 Å². The number of piperazine rings is 1. The number of para-hydroxylation sites is 1. The quantitative estimate of drug-likeness (QED) is 0.723. The lowest BCUT2D eigenvalue weighted by Gasteiger charge is -2.33. The molecule has 1 amide bonds. The van der Waals surface area contributed by atoms with Crippen molar-refractivity contribution >= 4 is 26.8 Å². The number of carbonyl (C=O) groups excluding carboxylic acids is 1. The molecule has 2 aromatic heterocycles. The average Bonchev–Trinajstić information content (AvgIpc) is 3.24. The van der Waals surface area contributed by atoms with Gasteiger partial charge in [-0.1, -0.05) is 23.4 Å². The van der Waals surface area contributed by atoms with Gasteiger partial charge >= 0.3 is 0 Å². The van der Waals surface area contributed by atoms with Crippen LogP contribution in [0.1, 0.15) is 21.9 Å². The zero-order chi connectivity index (χ0) is 19.2. The summed E-state index contributed by atoms with van der Waals surface area (Å²) in [6.45, 7) is 4.19. The molecule has 0 unspecified atom stereocenters. The molecular weight excluding hydrogens is 370 g/mol. The van der Waals surface area contributed by atoms with E-state index in [2.05, 4.69) is 15.4 Å². The lowest BCUT2D eigenvalue weighted by Crippen LogP contribution is -2.50. The number of hydrogen-bond donors (Lipinski definition) is 1. The van der Waals surface area contributed by atoms with Crippen molar-refractivity contribution in [1.82, 2.24) is 24.6 Å². The van der Waals surface area contributed by atoms with Crippen molar-refractivity contribution in [2.75, 3.05) is 26.2 Å². The molecule has 1 aliphatic heterocycles. The number of fused-ring (bicyclic) bond motifs is 1. The van der Waals surface area contributed by atoms with E-state index in [1.54, 1.807) is 18.7 Å². The fourth-order valence-electron chi connectivity index (χ4n) is 3.38. The summed E-state index contributed by atoms with van der Waals surface area (Å²) in [6, 6.07) is 7.41. The smallest absolute Gasteiger partial charge is 0.275 e. The number of aryl methyl sites for hydroxylation is 2. The normalized spacial score (nSPS) is 16.1. The van der Waals surface area contributed by atoms with Crippen LogP contribution in [0.3, 0.4) is 0 Å². The van der Waals surface area contributed by atoms with Crippen molar-refractivity contribution in [3.8, 4) is 0 Å². The predicted molar refractivity (Wildman–Crippen MR) is 96.7 cm³/mol. The van der Waals surface area contributed by atoms with E-state index in [0.29, 0.717) is 24.5 Å². The highest BCUT2D eigenvalue weighted by Crippen LogP contribution is 2.25. The molecule has 0 aliphatic carbocycles. The molecule has 1 N–H and O–H groups in total. The number of aromatic nitrogens is 3. The Morgan fingerprint density at radius 1 is 1.15 bits per heavy atom. The van der Waals surface area contributed by atoms with Crippen LogP contribution in [0.25, 0.3) is 10.9 Å². The summed E-state index contributed by atoms with van der Waals surface area (Å²) in [6.07, 6.45) is 0. The number of hydrogen-bond acceptors (Lipinski definition) is 6. The Hall–Kier alpha value is -2.72. The maximum atomic E-state index is 12.9. The first kappa shape index (κ1) is 17.7. The number of rotatable bonds is 3. The van der Waals surface area contributed by atoms with Crippen LogP contribution in [0.2, 0.25) is 0 Å². The molecule has 1 aliphatic rings. The van der Waals surface area contributed by atoms with Crippen LogP contribution in [0, 0.1) is 13.8 Å². The Morgan fingerprint density at radius 3 is 2.52 bits per heavy atom. The molecule has 0 spiro atoms. The van der Waals surface area contributed by atoms with Crippen LogP contribution in [0.5, 0.6) is 0 Å². The van der Waals surface area contributed by atoms with E-state index in [1.807, 2.05) is 24.3 Å². The lowest BCUT2D eigenvalue weighted by atomic mass is 10.2. The number of amides is 1. The van der Waals surface area contributed by atoms with Gasteiger partial charge in [-0.25, -0.2) is 8.42 Å². The second-order valence-electron chi connectivity index (χ2n) is 6.47. The fraction of sp³-hybridized carbons (Fsp3) is 0.353. The van der Waals surface area contributed by atoms with E-state index < -0.39 is 10.0 Å². The first-order valence-corrected chi connectivity index (χ1v) is 9.99. The fourth-order valence-corrected chi connectivity index (χ4v) is 5.09. The van der Waals surface area contributed by atoms with Crippen molar-refractivity contribution < 1.29 is 17.7 Å². The highest BCUT2D eigenvalue weighted by Gasteiger charge is 2.34. The van der Waals surface area contributed by atoms with Gasteiger partial charge in [-0.15, -0.1) is 0 Å². The molecule has 3 heterocycles. The molecule has 1 aromatic carbocycles. The Kier molecular flexibility index (Phi) is 4.23. The number of carbonyl (C=O) groups is 1. The summed E-state index contributed by atoms with van der Waals surface area (Å²) in [5.41, 5.74) is 1.49. The van der Waals surface area contributed by atoms with Crippen molar-refractivity contribution in [2.45, 2.75) is 18.7 Å². The van der Waals surface area contributed by atoms with E-state index >= 15 is 0 Å². The van der Waals surface area contributed by atoms with Gasteiger partial charge in [0.25, 0.3) is 5.91 Å². The molecular formula is C17H19N5O4S. The van der Waals surface area contributed by atoms with Gasteiger partial charge in [-0.05, 0) is 19.9 Å². The van der Waals surface area contributed by atoms with Crippen LogP contribution < -0.4 is 0 Å². The highest BCUT2D eigenvalue weighted by atomic mass is 32.2. The average molecular weight is 389 g/mol. The van der Waals surface area contributed by atoms with Gasteiger partial charge in [0, 0.05) is 31.6 Å². The Bertz CT molecular complexity index is 1090. The number of sulfonamides is 1. The van der Waals surface area contributed by atoms with Crippen molar-refractivity contribution in [3.63, 3.8) is 0 Å². The summed E-state index contributed by atoms with van der Waals surface area (Å²) in [5.74, 6) is 0.0656. The zero-order valence-corrected chi connectivity index (χ0v) is 15.8. The van der Waals surface area contributed by atoms with Gasteiger partial charge in [-0.2, -0.15) is 9.40 Å². The number of benzene rings is 1. The summed E-state index contributed by atoms with van der Waals surface area (Å²) in [4.78, 5) is 14.6. The molecule has 27 heavy (non-hydrogen) atoms. The van der Waals surface area contributed by atoms with Crippen LogP contribution in [-0.2, 0) is 10.0 Å². The van der Waals surface area contributed by atoms with E-state index in [-0.39, 0.29) is 29.7 Å². The monoisotopic (exact) mass is 389 g/mol. The molecule has 0 bridgehead atoms. The Morgan fingerprint density at radius 2 is 1.85 bits per heavy atom. The maximum absolute atomic E-state index is 12.9. The minimum absolute atomic E-state index is 0.112. The highest BCUT2D eigenvalue weighted by molar-refractivity contribution is 7.89. The molecule has 0 atom stereocenters. The third-order valence-electron chi connectivity index (χ3n) is 4.76. The van der Waals surface area contributed by atoms with Crippen molar-refractivity contribution in [2.24, 2.45) is 0 Å². The Balaban J connectivity index is 1.51. The lowest BCUT2D eigenvalue weighted by molar-refractivity contribution is 0.0693. The standard InChI is InChI=1S/C17H19N5O4S/c1-11-16(12(2)26-20-11)27(24,25)22-9-7-21(8-10-22)17(23)15-13-5-3-4-6-14(13)18-19-15/h3-6H,7-10H2,1-2H3,(H,18,19). The van der Waals surface area contributed by atoms with Gasteiger partial charge in [0.05, 0.1) is 5.52 Å². The summed E-state index contributed by atoms with van der Waals surface area (Å²) in [7, 11) is -3.70. The molecule has 10 heteroatoms. The van der Waals surface area contributed by atoms with Gasteiger partial charge in [0.15, 0.2) is 11.5 Å². The van der Waals surface area contributed by atoms with Gasteiger partial charge in [0.1, 0.15) is 10.6 Å². The van der Waals surface area contributed by atoms with Crippen LogP contribution in [-0.4, -0.2) is 65.1 Å². The molecule has 1 saturated heterocycles. The number of nitrogens with zero attached hydrogens (tertiary/aromatic N) is 4. The molecule has 9 nitrogen and oxygen atoms in total. The molecule has 3 aromatic rings. The topological polar surface area (TPSA) is 112 Å². The van der Waals surface area contributed by atoms with Crippen LogP contribution in [0.15, 0.2) is 33.7 Å². The van der Waals surface area contributed by atoms with Crippen molar-refractivity contribution in [1.29, 1.82) is 0 Å². The maximum Gasteiger partial charge on any atom is 0.275 e. The van der Waals surface area contributed by atoms with Gasteiger partial charge in [-0.3, -0.25) is 9.89 Å². The first-order valence-electron chi connectivity index (χ1n) is 8.55. The molecule has 4 rings (SSSR count). The van der Waals surface area contributed by atoms with E-state index in [1.165, 1.54) is 4.31 Å². The van der Waals surface area contributed by atoms with Gasteiger partial charge < -0.3 is 9.42 Å². The molecule has 1 fully saturated rings. The van der Waals surface area contributed by atoms with Crippen molar-refractivity contribution in [3.05, 3.63) is 41.4 Å². The SMILES string of the molecule is Cc1noc(C)c1S(=O)(=O)N1CCN(C(=O)c2n[nH]c3ccccc23)CC1. The first-order chi connectivity index (χ1) is 12.9. The second kappa shape index (κ2) is 6.46. The summed E-state index contributed by atoms with van der Waals surface area (Å²) < 4.78 is 32.1. The largest absolute Gasteiger partial charge is 0.360 e. The number of H-pyrrole nitrogens is 1. The predicted octanol–water partition coefficient (Wildman–Crippen LogP) is 1.31. The zero-order valence-electron chi connectivity index (χ0n) is 15.0.